The Kier molecular flexibility index (Phi) is 20.8. The molecule has 5 N–H and O–H groups in total. The highest BCUT2D eigenvalue weighted by molar-refractivity contribution is 5.85. The van der Waals surface area contributed by atoms with E-state index in [-0.39, 0.29) is 37.5 Å². The van der Waals surface area contributed by atoms with Crippen molar-refractivity contribution < 1.29 is 5.11 Å². The minimum atomic E-state index is -0.0449. The molecule has 0 fully saturated rings. The summed E-state index contributed by atoms with van der Waals surface area (Å²) in [4.78, 5) is 0. The summed E-state index contributed by atoms with van der Waals surface area (Å²) in [5, 5.41) is 8.48. The molecule has 0 heterocycles. The van der Waals surface area contributed by atoms with Gasteiger partial charge in [-0.15, -0.1) is 24.8 Å². The lowest BCUT2D eigenvalue weighted by molar-refractivity contribution is 0.258. The molecule has 0 bridgehead atoms. The zero-order chi connectivity index (χ0) is 7.11. The molecule has 72 valence electrons. The maximum Gasteiger partial charge on any atom is 0.0582 e. The normalized spacial score (nSPS) is 11.2. The van der Waals surface area contributed by atoms with Crippen LogP contribution in [-0.4, -0.2) is 24.3 Å². The molecule has 0 unspecified atom stereocenters. The number of unbranched alkanes of at least 4 members (excludes halogenated alkanes) is 1. The number of rotatable bonds is 5. The Balaban J connectivity index is -0.000000320. The van der Waals surface area contributed by atoms with E-state index in [4.69, 9.17) is 16.6 Å². The molecule has 1 atom stereocenters. The van der Waals surface area contributed by atoms with Crippen molar-refractivity contribution in [2.45, 2.75) is 25.3 Å². The van der Waals surface area contributed by atoms with Crippen molar-refractivity contribution in [3.05, 3.63) is 0 Å². The van der Waals surface area contributed by atoms with Gasteiger partial charge in [-0.1, -0.05) is 6.42 Å². The van der Waals surface area contributed by atoms with Crippen LogP contribution in [-0.2, 0) is 0 Å². The summed E-state index contributed by atoms with van der Waals surface area (Å²) < 4.78 is 0. The summed E-state index contributed by atoms with van der Waals surface area (Å²) in [6.07, 6.45) is 2.92. The van der Waals surface area contributed by atoms with E-state index in [1.165, 1.54) is 0 Å². The van der Waals surface area contributed by atoms with Crippen LogP contribution in [0.5, 0.6) is 0 Å². The van der Waals surface area contributed by atoms with Crippen LogP contribution in [0.2, 0.25) is 0 Å². The fourth-order valence-corrected chi connectivity index (χ4v) is 0.642. The third-order valence-corrected chi connectivity index (χ3v) is 1.26. The molecule has 0 aliphatic rings. The molecule has 0 aromatic heterocycles. The van der Waals surface area contributed by atoms with Gasteiger partial charge >= 0.3 is 0 Å². The van der Waals surface area contributed by atoms with E-state index >= 15 is 0 Å². The average Bonchev–Trinajstić information content (AvgIpc) is 1.89. The minimum absolute atomic E-state index is 0. The summed E-state index contributed by atoms with van der Waals surface area (Å²) in [7, 11) is 0. The molecule has 0 aliphatic carbocycles. The van der Waals surface area contributed by atoms with E-state index in [0.717, 1.165) is 25.8 Å². The predicted octanol–water partition coefficient (Wildman–Crippen LogP) is 0.279. The van der Waals surface area contributed by atoms with Crippen molar-refractivity contribution in [2.75, 3.05) is 13.2 Å². The number of hydrogen-bond donors (Lipinski definition) is 3. The van der Waals surface area contributed by atoms with Crippen LogP contribution in [0, 0.1) is 0 Å². The molecular weight excluding hydrogens is 187 g/mol. The Morgan fingerprint density at radius 3 is 2.09 bits per heavy atom. The lowest BCUT2D eigenvalue weighted by Crippen LogP contribution is -2.24. The number of nitrogens with two attached hydrogens (primary N) is 2. The Bertz CT molecular complexity index is 66.5. The van der Waals surface area contributed by atoms with E-state index in [9.17, 15) is 0 Å². The van der Waals surface area contributed by atoms with Gasteiger partial charge in [0.15, 0.2) is 0 Å². The minimum Gasteiger partial charge on any atom is -0.395 e. The highest BCUT2D eigenvalue weighted by Crippen LogP contribution is 1.95. The molecule has 0 spiro atoms. The molecule has 11 heavy (non-hydrogen) atoms. The first kappa shape index (κ1) is 17.5. The van der Waals surface area contributed by atoms with Gasteiger partial charge in [0.2, 0.25) is 0 Å². The Morgan fingerprint density at radius 2 is 1.73 bits per heavy atom. The van der Waals surface area contributed by atoms with E-state index < -0.39 is 0 Å². The van der Waals surface area contributed by atoms with E-state index in [1.807, 2.05) is 0 Å². The lowest BCUT2D eigenvalue weighted by Gasteiger charge is -2.05. The fourth-order valence-electron chi connectivity index (χ4n) is 0.642. The van der Waals surface area contributed by atoms with Gasteiger partial charge in [0.1, 0.15) is 0 Å². The second-order valence-electron chi connectivity index (χ2n) is 2.23. The van der Waals surface area contributed by atoms with Crippen molar-refractivity contribution >= 4 is 24.8 Å². The van der Waals surface area contributed by atoms with Crippen LogP contribution in [0.3, 0.4) is 0 Å². The fraction of sp³-hybridized carbons (Fsp3) is 1.00. The van der Waals surface area contributed by atoms with Gasteiger partial charge in [0.25, 0.3) is 0 Å². The van der Waals surface area contributed by atoms with Crippen molar-refractivity contribution in [1.29, 1.82) is 0 Å². The second-order valence-corrected chi connectivity index (χ2v) is 2.23. The van der Waals surface area contributed by atoms with Gasteiger partial charge in [-0.2, -0.15) is 0 Å². The van der Waals surface area contributed by atoms with E-state index in [0.29, 0.717) is 0 Å². The van der Waals surface area contributed by atoms with Crippen LogP contribution in [0.1, 0.15) is 19.3 Å². The first-order valence-corrected chi connectivity index (χ1v) is 3.37. The van der Waals surface area contributed by atoms with Crippen LogP contribution >= 0.6 is 24.8 Å². The monoisotopic (exact) mass is 204 g/mol. The van der Waals surface area contributed by atoms with Gasteiger partial charge in [-0.3, -0.25) is 0 Å². The maximum absolute atomic E-state index is 8.48. The first-order valence-electron chi connectivity index (χ1n) is 3.37. The topological polar surface area (TPSA) is 72.3 Å². The SMILES string of the molecule is Cl.Cl.NCCCC[C@H](N)CO. The number of aliphatic hydroxyl groups excluding tert-OH is 1. The zero-order valence-corrected chi connectivity index (χ0v) is 8.16. The Morgan fingerprint density at radius 1 is 1.18 bits per heavy atom. The van der Waals surface area contributed by atoms with E-state index in [1.54, 1.807) is 0 Å². The van der Waals surface area contributed by atoms with E-state index in [2.05, 4.69) is 0 Å². The maximum atomic E-state index is 8.48. The smallest absolute Gasteiger partial charge is 0.0582 e. The molecule has 0 aliphatic heterocycles. The molecule has 0 saturated heterocycles. The molecule has 0 saturated carbocycles. The summed E-state index contributed by atoms with van der Waals surface area (Å²) >= 11 is 0. The van der Waals surface area contributed by atoms with Crippen LogP contribution < -0.4 is 11.5 Å². The zero-order valence-electron chi connectivity index (χ0n) is 6.53. The van der Waals surface area contributed by atoms with Gasteiger partial charge in [-0.05, 0) is 19.4 Å². The molecule has 0 radical (unpaired) electrons. The summed E-state index contributed by atoms with van der Waals surface area (Å²) in [5.41, 5.74) is 10.7. The van der Waals surface area contributed by atoms with Crippen LogP contribution in [0.25, 0.3) is 0 Å². The Labute approximate surface area is 80.3 Å². The van der Waals surface area contributed by atoms with Crippen molar-refractivity contribution in [3.63, 3.8) is 0 Å². The number of aliphatic hydroxyl groups is 1. The summed E-state index contributed by atoms with van der Waals surface area (Å²) in [6.45, 7) is 0.808. The van der Waals surface area contributed by atoms with Crippen molar-refractivity contribution in [2.24, 2.45) is 11.5 Å². The third-order valence-electron chi connectivity index (χ3n) is 1.26. The second kappa shape index (κ2) is 13.1. The van der Waals surface area contributed by atoms with Gasteiger partial charge in [0, 0.05) is 6.04 Å². The lowest BCUT2D eigenvalue weighted by atomic mass is 10.1. The van der Waals surface area contributed by atoms with Gasteiger partial charge < -0.3 is 16.6 Å². The average molecular weight is 205 g/mol. The highest BCUT2D eigenvalue weighted by Gasteiger charge is 1.97. The molecule has 0 amide bonds. The van der Waals surface area contributed by atoms with Crippen LogP contribution in [0.15, 0.2) is 0 Å². The van der Waals surface area contributed by atoms with Gasteiger partial charge in [-0.25, -0.2) is 0 Å². The van der Waals surface area contributed by atoms with Crippen LogP contribution in [0.4, 0.5) is 0 Å². The van der Waals surface area contributed by atoms with Crippen molar-refractivity contribution in [3.8, 4) is 0 Å². The molecular formula is C6H18Cl2N2O. The van der Waals surface area contributed by atoms with Gasteiger partial charge in [0.05, 0.1) is 6.61 Å². The quantitative estimate of drug-likeness (QED) is 0.564. The molecule has 5 heteroatoms. The molecule has 0 rings (SSSR count). The summed E-state index contributed by atoms with van der Waals surface area (Å²) in [5.74, 6) is 0. The largest absolute Gasteiger partial charge is 0.395 e. The third kappa shape index (κ3) is 13.5. The molecule has 3 nitrogen and oxygen atoms in total. The molecule has 0 aromatic rings. The predicted molar refractivity (Wildman–Crippen MR) is 52.5 cm³/mol. The number of halogens is 2. The van der Waals surface area contributed by atoms with Crippen molar-refractivity contribution in [1.82, 2.24) is 0 Å². The Hall–Kier alpha value is 0.460. The standard InChI is InChI=1S/C6H16N2O.2ClH/c7-4-2-1-3-6(8)5-9;;/h6,9H,1-5,7-8H2;2*1H/t6-;;/m0../s1. The highest BCUT2D eigenvalue weighted by atomic mass is 35.5. The number of hydrogen-bond acceptors (Lipinski definition) is 3. The first-order chi connectivity index (χ1) is 4.31. The molecule has 0 aromatic carbocycles. The summed E-state index contributed by atoms with van der Waals surface area (Å²) in [6, 6.07) is -0.0449.